The van der Waals surface area contributed by atoms with Gasteiger partial charge in [-0.1, -0.05) is 12.1 Å². The maximum absolute atomic E-state index is 13.5. The van der Waals surface area contributed by atoms with Crippen molar-refractivity contribution in [1.29, 1.82) is 0 Å². The van der Waals surface area contributed by atoms with Gasteiger partial charge in [0.2, 0.25) is 0 Å². The Morgan fingerprint density at radius 2 is 2.14 bits per heavy atom. The van der Waals surface area contributed by atoms with Crippen molar-refractivity contribution in [3.05, 3.63) is 30.1 Å². The molecule has 1 saturated heterocycles. The van der Waals surface area contributed by atoms with Crippen LogP contribution in [0.1, 0.15) is 6.92 Å². The SMILES string of the molecule is CCN(c1ccccc1F)C1CNC1. The number of anilines is 1. The van der Waals surface area contributed by atoms with Gasteiger partial charge in [0, 0.05) is 19.6 Å². The van der Waals surface area contributed by atoms with Crippen molar-refractivity contribution >= 4 is 5.69 Å². The second kappa shape index (κ2) is 3.96. The van der Waals surface area contributed by atoms with Gasteiger partial charge in [0.05, 0.1) is 11.7 Å². The summed E-state index contributed by atoms with van der Waals surface area (Å²) < 4.78 is 13.5. The van der Waals surface area contributed by atoms with E-state index in [-0.39, 0.29) is 5.82 Å². The molecule has 3 heteroatoms. The number of benzene rings is 1. The monoisotopic (exact) mass is 194 g/mol. The third-order valence-electron chi connectivity index (χ3n) is 2.70. The largest absolute Gasteiger partial charge is 0.364 e. The molecule has 1 N–H and O–H groups in total. The fraction of sp³-hybridized carbons (Fsp3) is 0.455. The third kappa shape index (κ3) is 1.60. The lowest BCUT2D eigenvalue weighted by molar-refractivity contribution is 0.413. The molecule has 0 aliphatic carbocycles. The zero-order valence-corrected chi connectivity index (χ0v) is 8.33. The first-order valence-corrected chi connectivity index (χ1v) is 5.05. The maximum atomic E-state index is 13.5. The lowest BCUT2D eigenvalue weighted by atomic mass is 10.1. The Labute approximate surface area is 83.7 Å². The molecule has 1 aliphatic heterocycles. The van der Waals surface area contributed by atoms with Crippen molar-refractivity contribution in [3.63, 3.8) is 0 Å². The minimum Gasteiger partial charge on any atom is -0.364 e. The molecule has 2 nitrogen and oxygen atoms in total. The van der Waals surface area contributed by atoms with E-state index in [0.717, 1.165) is 25.3 Å². The van der Waals surface area contributed by atoms with Crippen LogP contribution in [-0.4, -0.2) is 25.7 Å². The van der Waals surface area contributed by atoms with E-state index in [2.05, 4.69) is 17.1 Å². The molecular formula is C11H15FN2. The summed E-state index contributed by atoms with van der Waals surface area (Å²) in [4.78, 5) is 2.12. The fourth-order valence-electron chi connectivity index (χ4n) is 1.80. The van der Waals surface area contributed by atoms with E-state index in [9.17, 15) is 4.39 Å². The van der Waals surface area contributed by atoms with Crippen LogP contribution in [0, 0.1) is 5.82 Å². The molecule has 0 bridgehead atoms. The molecule has 1 aromatic rings. The molecule has 2 rings (SSSR count). The Morgan fingerprint density at radius 1 is 1.43 bits per heavy atom. The number of para-hydroxylation sites is 1. The Hall–Kier alpha value is -1.09. The molecule has 0 atom stereocenters. The van der Waals surface area contributed by atoms with Crippen LogP contribution < -0.4 is 10.2 Å². The zero-order valence-electron chi connectivity index (χ0n) is 8.33. The summed E-state index contributed by atoms with van der Waals surface area (Å²) in [5, 5.41) is 3.20. The van der Waals surface area contributed by atoms with E-state index in [1.54, 1.807) is 6.07 Å². The van der Waals surface area contributed by atoms with Gasteiger partial charge >= 0.3 is 0 Å². The van der Waals surface area contributed by atoms with Gasteiger partial charge in [-0.15, -0.1) is 0 Å². The number of hydrogen-bond acceptors (Lipinski definition) is 2. The van der Waals surface area contributed by atoms with E-state index >= 15 is 0 Å². The fourth-order valence-corrected chi connectivity index (χ4v) is 1.80. The summed E-state index contributed by atoms with van der Waals surface area (Å²) in [7, 11) is 0. The number of hydrogen-bond donors (Lipinski definition) is 1. The van der Waals surface area contributed by atoms with E-state index in [1.165, 1.54) is 6.07 Å². The second-order valence-electron chi connectivity index (χ2n) is 3.55. The highest BCUT2D eigenvalue weighted by Crippen LogP contribution is 2.21. The Morgan fingerprint density at radius 3 is 2.64 bits per heavy atom. The summed E-state index contributed by atoms with van der Waals surface area (Å²) in [6, 6.07) is 7.43. The molecule has 0 spiro atoms. The molecule has 0 saturated carbocycles. The lowest BCUT2D eigenvalue weighted by Crippen LogP contribution is -2.57. The van der Waals surface area contributed by atoms with Gasteiger partial charge in [-0.25, -0.2) is 4.39 Å². The molecule has 14 heavy (non-hydrogen) atoms. The van der Waals surface area contributed by atoms with Gasteiger partial charge in [0.25, 0.3) is 0 Å². The predicted octanol–water partition coefficient (Wildman–Crippen LogP) is 1.62. The molecule has 0 aromatic heterocycles. The van der Waals surface area contributed by atoms with Crippen molar-refractivity contribution < 1.29 is 4.39 Å². The summed E-state index contributed by atoms with van der Waals surface area (Å²) in [6.07, 6.45) is 0. The van der Waals surface area contributed by atoms with E-state index < -0.39 is 0 Å². The average molecular weight is 194 g/mol. The highest BCUT2D eigenvalue weighted by atomic mass is 19.1. The average Bonchev–Trinajstić information content (AvgIpc) is 2.12. The number of nitrogens with one attached hydrogen (secondary N) is 1. The van der Waals surface area contributed by atoms with Gasteiger partial charge in [-0.3, -0.25) is 0 Å². The quantitative estimate of drug-likeness (QED) is 0.786. The normalized spacial score (nSPS) is 16.4. The molecule has 0 unspecified atom stereocenters. The number of halogens is 1. The van der Waals surface area contributed by atoms with Crippen molar-refractivity contribution in [2.45, 2.75) is 13.0 Å². The third-order valence-corrected chi connectivity index (χ3v) is 2.70. The molecule has 1 aliphatic rings. The molecule has 1 heterocycles. The maximum Gasteiger partial charge on any atom is 0.146 e. The van der Waals surface area contributed by atoms with Gasteiger partial charge in [-0.2, -0.15) is 0 Å². The van der Waals surface area contributed by atoms with Crippen LogP contribution in [0.4, 0.5) is 10.1 Å². The topological polar surface area (TPSA) is 15.3 Å². The smallest absolute Gasteiger partial charge is 0.146 e. The Bertz CT molecular complexity index is 310. The van der Waals surface area contributed by atoms with Crippen LogP contribution >= 0.6 is 0 Å². The molecule has 0 radical (unpaired) electrons. The standard InChI is InChI=1S/C11H15FN2/c1-2-14(9-7-13-8-9)11-6-4-3-5-10(11)12/h3-6,9,13H,2,7-8H2,1H3. The van der Waals surface area contributed by atoms with E-state index in [0.29, 0.717) is 6.04 Å². The summed E-state index contributed by atoms with van der Waals surface area (Å²) in [5.74, 6) is -0.124. The zero-order chi connectivity index (χ0) is 9.97. The van der Waals surface area contributed by atoms with Crippen LogP contribution in [0.15, 0.2) is 24.3 Å². The minimum absolute atomic E-state index is 0.124. The van der Waals surface area contributed by atoms with E-state index in [1.807, 2.05) is 12.1 Å². The van der Waals surface area contributed by atoms with Crippen molar-refractivity contribution in [1.82, 2.24) is 5.32 Å². The van der Waals surface area contributed by atoms with Crippen molar-refractivity contribution in [3.8, 4) is 0 Å². The van der Waals surface area contributed by atoms with Crippen LogP contribution in [0.25, 0.3) is 0 Å². The predicted molar refractivity (Wildman–Crippen MR) is 56.1 cm³/mol. The highest BCUT2D eigenvalue weighted by Gasteiger charge is 2.24. The highest BCUT2D eigenvalue weighted by molar-refractivity contribution is 5.49. The molecular weight excluding hydrogens is 179 g/mol. The van der Waals surface area contributed by atoms with E-state index in [4.69, 9.17) is 0 Å². The lowest BCUT2D eigenvalue weighted by Gasteiger charge is -2.39. The van der Waals surface area contributed by atoms with Crippen molar-refractivity contribution in [2.24, 2.45) is 0 Å². The second-order valence-corrected chi connectivity index (χ2v) is 3.55. The first-order valence-electron chi connectivity index (χ1n) is 5.05. The summed E-state index contributed by atoms with van der Waals surface area (Å²) in [5.41, 5.74) is 0.724. The van der Waals surface area contributed by atoms with Crippen molar-refractivity contribution in [2.75, 3.05) is 24.5 Å². The van der Waals surface area contributed by atoms with Gasteiger partial charge < -0.3 is 10.2 Å². The van der Waals surface area contributed by atoms with Gasteiger partial charge in [-0.05, 0) is 19.1 Å². The molecule has 1 aromatic carbocycles. The molecule has 76 valence electrons. The molecule has 0 amide bonds. The van der Waals surface area contributed by atoms with Gasteiger partial charge in [0.15, 0.2) is 0 Å². The number of likely N-dealkylation sites (N-methyl/N-ethyl adjacent to an activating group) is 1. The first kappa shape index (κ1) is 9.46. The van der Waals surface area contributed by atoms with Crippen LogP contribution in [0.5, 0.6) is 0 Å². The van der Waals surface area contributed by atoms with Gasteiger partial charge in [0.1, 0.15) is 5.82 Å². The van der Waals surface area contributed by atoms with Crippen LogP contribution in [0.3, 0.4) is 0 Å². The number of nitrogens with zero attached hydrogens (tertiary/aromatic N) is 1. The van der Waals surface area contributed by atoms with Crippen LogP contribution in [-0.2, 0) is 0 Å². The van der Waals surface area contributed by atoms with Crippen LogP contribution in [0.2, 0.25) is 0 Å². The summed E-state index contributed by atoms with van der Waals surface area (Å²) in [6.45, 7) is 4.84. The minimum atomic E-state index is -0.124. The number of rotatable bonds is 3. The first-order chi connectivity index (χ1) is 6.83. The Kier molecular flexibility index (Phi) is 2.68. The Balaban J connectivity index is 2.22. The summed E-state index contributed by atoms with van der Waals surface area (Å²) >= 11 is 0. The molecule has 1 fully saturated rings.